The second-order valence-electron chi connectivity index (χ2n) is 4.99. The Morgan fingerprint density at radius 3 is 2.70 bits per heavy atom. The van der Waals surface area contributed by atoms with Crippen LogP contribution in [-0.2, 0) is 25.6 Å². The van der Waals surface area contributed by atoms with Gasteiger partial charge < -0.3 is 19.0 Å². The van der Waals surface area contributed by atoms with Gasteiger partial charge >= 0.3 is 0 Å². The summed E-state index contributed by atoms with van der Waals surface area (Å²) in [6, 6.07) is 10.1. The van der Waals surface area contributed by atoms with Gasteiger partial charge in [-0.15, -0.1) is 0 Å². The van der Waals surface area contributed by atoms with Crippen LogP contribution in [0.5, 0.6) is 0 Å². The fourth-order valence-corrected chi connectivity index (χ4v) is 2.31. The lowest BCUT2D eigenvalue weighted by Gasteiger charge is -2.34. The molecule has 0 spiro atoms. The summed E-state index contributed by atoms with van der Waals surface area (Å²) < 4.78 is 17.2. The van der Waals surface area contributed by atoms with Crippen LogP contribution in [0.1, 0.15) is 31.7 Å². The summed E-state index contributed by atoms with van der Waals surface area (Å²) in [6.07, 6.45) is 2.56. The van der Waals surface area contributed by atoms with Gasteiger partial charge in [-0.1, -0.05) is 37.3 Å². The van der Waals surface area contributed by atoms with E-state index in [0.717, 1.165) is 18.3 Å². The summed E-state index contributed by atoms with van der Waals surface area (Å²) in [5, 5.41) is 0. The number of carbonyl (C=O) groups excluding carboxylic acids is 1. The third-order valence-corrected chi connectivity index (χ3v) is 3.32. The molecule has 1 fully saturated rings. The highest BCUT2D eigenvalue weighted by Crippen LogP contribution is 2.22. The lowest BCUT2D eigenvalue weighted by Crippen LogP contribution is -2.40. The number of benzene rings is 1. The molecule has 3 atom stereocenters. The molecule has 0 unspecified atom stereocenters. The molecule has 0 aromatic heterocycles. The average molecular weight is 278 g/mol. The molecule has 1 aromatic rings. The summed E-state index contributed by atoms with van der Waals surface area (Å²) in [5.41, 5.74) is 1.15. The number of aldehydes is 1. The predicted octanol–water partition coefficient (Wildman–Crippen LogP) is 2.70. The summed E-state index contributed by atoms with van der Waals surface area (Å²) in [6.45, 7) is 3.12. The van der Waals surface area contributed by atoms with Crippen molar-refractivity contribution in [2.45, 2.75) is 51.3 Å². The molecule has 0 bridgehead atoms. The van der Waals surface area contributed by atoms with Crippen LogP contribution in [0.2, 0.25) is 0 Å². The molecule has 0 saturated carbocycles. The van der Waals surface area contributed by atoms with E-state index < -0.39 is 0 Å². The molecule has 0 N–H and O–H groups in total. The summed E-state index contributed by atoms with van der Waals surface area (Å²) >= 11 is 0. The third kappa shape index (κ3) is 4.71. The number of hydrogen-bond acceptors (Lipinski definition) is 4. The minimum atomic E-state index is -0.223. The molecule has 110 valence electrons. The molecule has 1 aliphatic heterocycles. The van der Waals surface area contributed by atoms with E-state index in [9.17, 15) is 4.79 Å². The standard InChI is InChI=1S/C16H22O4/c1-2-16-19-14(8-9-17)10-15(20-16)12-18-11-13-6-4-3-5-7-13/h3-7,9,14-16H,2,8,10-12H2,1H3/t14-,15-,16-/m1/s1. The van der Waals surface area contributed by atoms with Gasteiger partial charge in [-0.05, 0) is 12.0 Å². The highest BCUT2D eigenvalue weighted by molar-refractivity contribution is 5.50. The van der Waals surface area contributed by atoms with Gasteiger partial charge in [-0.2, -0.15) is 0 Å². The average Bonchev–Trinajstić information content (AvgIpc) is 2.48. The first kappa shape index (κ1) is 15.2. The van der Waals surface area contributed by atoms with Gasteiger partial charge in [0.1, 0.15) is 6.29 Å². The summed E-state index contributed by atoms with van der Waals surface area (Å²) in [4.78, 5) is 10.6. The van der Waals surface area contributed by atoms with Crippen molar-refractivity contribution in [1.29, 1.82) is 0 Å². The number of ether oxygens (including phenoxy) is 3. The molecule has 1 saturated heterocycles. The van der Waals surface area contributed by atoms with E-state index in [1.165, 1.54) is 0 Å². The van der Waals surface area contributed by atoms with Crippen LogP contribution < -0.4 is 0 Å². The van der Waals surface area contributed by atoms with Gasteiger partial charge in [0.05, 0.1) is 25.4 Å². The van der Waals surface area contributed by atoms with Crippen molar-refractivity contribution in [2.24, 2.45) is 0 Å². The highest BCUT2D eigenvalue weighted by Gasteiger charge is 2.28. The van der Waals surface area contributed by atoms with Crippen LogP contribution in [0.4, 0.5) is 0 Å². The quantitative estimate of drug-likeness (QED) is 0.719. The Kier molecular flexibility index (Phi) is 6.18. The molecule has 1 heterocycles. The van der Waals surface area contributed by atoms with Crippen LogP contribution in [0.15, 0.2) is 30.3 Å². The fraction of sp³-hybridized carbons (Fsp3) is 0.562. The van der Waals surface area contributed by atoms with E-state index in [4.69, 9.17) is 14.2 Å². The Morgan fingerprint density at radius 2 is 2.00 bits per heavy atom. The third-order valence-electron chi connectivity index (χ3n) is 3.32. The van der Waals surface area contributed by atoms with Gasteiger partial charge in [0.25, 0.3) is 0 Å². The first-order valence-electron chi connectivity index (χ1n) is 7.18. The number of rotatable bonds is 7. The van der Waals surface area contributed by atoms with Gasteiger partial charge in [-0.3, -0.25) is 0 Å². The van der Waals surface area contributed by atoms with E-state index in [0.29, 0.717) is 26.1 Å². The maximum absolute atomic E-state index is 10.6. The van der Waals surface area contributed by atoms with Crippen LogP contribution >= 0.6 is 0 Å². The van der Waals surface area contributed by atoms with E-state index in [1.807, 2.05) is 37.3 Å². The molecule has 0 radical (unpaired) electrons. The monoisotopic (exact) mass is 278 g/mol. The second-order valence-corrected chi connectivity index (χ2v) is 4.99. The van der Waals surface area contributed by atoms with Gasteiger partial charge in [0.2, 0.25) is 0 Å². The van der Waals surface area contributed by atoms with Crippen LogP contribution in [0.3, 0.4) is 0 Å². The molecule has 20 heavy (non-hydrogen) atoms. The highest BCUT2D eigenvalue weighted by atomic mass is 16.7. The molecule has 4 heteroatoms. The Bertz CT molecular complexity index is 393. The minimum absolute atomic E-state index is 0.00219. The summed E-state index contributed by atoms with van der Waals surface area (Å²) in [7, 11) is 0. The zero-order valence-corrected chi connectivity index (χ0v) is 11.9. The molecule has 0 amide bonds. The van der Waals surface area contributed by atoms with Crippen LogP contribution in [0.25, 0.3) is 0 Å². The Balaban J connectivity index is 1.77. The van der Waals surface area contributed by atoms with Crippen molar-refractivity contribution in [1.82, 2.24) is 0 Å². The zero-order chi connectivity index (χ0) is 14.2. The SMILES string of the molecule is CC[C@@H]1O[C@H](CC=O)C[C@H](COCc2ccccc2)O1. The van der Waals surface area contributed by atoms with E-state index in [-0.39, 0.29) is 18.5 Å². The topological polar surface area (TPSA) is 44.8 Å². The van der Waals surface area contributed by atoms with Crippen molar-refractivity contribution in [2.75, 3.05) is 6.61 Å². The molecule has 1 aliphatic rings. The van der Waals surface area contributed by atoms with Crippen molar-refractivity contribution in [3.05, 3.63) is 35.9 Å². The van der Waals surface area contributed by atoms with Gasteiger partial charge in [0.15, 0.2) is 6.29 Å². The fourth-order valence-electron chi connectivity index (χ4n) is 2.31. The van der Waals surface area contributed by atoms with Crippen molar-refractivity contribution < 1.29 is 19.0 Å². The predicted molar refractivity (Wildman–Crippen MR) is 75.2 cm³/mol. The maximum atomic E-state index is 10.6. The minimum Gasteiger partial charge on any atom is -0.374 e. The molecular formula is C16H22O4. The first-order chi connectivity index (χ1) is 9.81. The lowest BCUT2D eigenvalue weighted by molar-refractivity contribution is -0.251. The van der Waals surface area contributed by atoms with Crippen LogP contribution in [-0.4, -0.2) is 31.4 Å². The molecular weight excluding hydrogens is 256 g/mol. The number of hydrogen-bond donors (Lipinski definition) is 0. The van der Waals surface area contributed by atoms with Crippen LogP contribution in [0, 0.1) is 0 Å². The molecule has 2 rings (SSSR count). The molecule has 4 nitrogen and oxygen atoms in total. The van der Waals surface area contributed by atoms with E-state index in [1.54, 1.807) is 0 Å². The molecule has 0 aliphatic carbocycles. The largest absolute Gasteiger partial charge is 0.374 e. The maximum Gasteiger partial charge on any atom is 0.158 e. The molecule has 1 aromatic carbocycles. The zero-order valence-electron chi connectivity index (χ0n) is 11.9. The second kappa shape index (κ2) is 8.15. The van der Waals surface area contributed by atoms with E-state index in [2.05, 4.69) is 0 Å². The smallest absolute Gasteiger partial charge is 0.158 e. The van der Waals surface area contributed by atoms with Gasteiger partial charge in [0, 0.05) is 12.8 Å². The van der Waals surface area contributed by atoms with Crippen molar-refractivity contribution in [3.63, 3.8) is 0 Å². The Labute approximate surface area is 120 Å². The van der Waals surface area contributed by atoms with Gasteiger partial charge in [-0.25, -0.2) is 0 Å². The Hall–Kier alpha value is -1.23. The number of carbonyl (C=O) groups is 1. The normalized spacial score (nSPS) is 26.4. The lowest BCUT2D eigenvalue weighted by atomic mass is 10.1. The van der Waals surface area contributed by atoms with Crippen molar-refractivity contribution in [3.8, 4) is 0 Å². The van der Waals surface area contributed by atoms with Crippen molar-refractivity contribution >= 4 is 6.29 Å². The summed E-state index contributed by atoms with van der Waals surface area (Å²) in [5.74, 6) is 0. The van der Waals surface area contributed by atoms with E-state index >= 15 is 0 Å². The first-order valence-corrected chi connectivity index (χ1v) is 7.18. The Morgan fingerprint density at radius 1 is 1.25 bits per heavy atom.